The van der Waals surface area contributed by atoms with Crippen molar-refractivity contribution < 1.29 is 8.42 Å². The van der Waals surface area contributed by atoms with E-state index in [9.17, 15) is 8.42 Å². The van der Waals surface area contributed by atoms with Crippen LogP contribution in [0.2, 0.25) is 0 Å². The monoisotopic (exact) mass is 191 g/mol. The SMILES string of the molecule is CNCCS(=O)(=O)C1CCCC1. The summed E-state index contributed by atoms with van der Waals surface area (Å²) >= 11 is 0. The van der Waals surface area contributed by atoms with Gasteiger partial charge in [0.25, 0.3) is 0 Å². The Labute approximate surface area is 74.5 Å². The van der Waals surface area contributed by atoms with Crippen LogP contribution in [-0.4, -0.2) is 33.0 Å². The summed E-state index contributed by atoms with van der Waals surface area (Å²) in [6, 6.07) is 0. The Hall–Kier alpha value is -0.0900. The van der Waals surface area contributed by atoms with Gasteiger partial charge in [-0.3, -0.25) is 0 Å². The topological polar surface area (TPSA) is 46.2 Å². The van der Waals surface area contributed by atoms with Crippen molar-refractivity contribution >= 4 is 9.84 Å². The van der Waals surface area contributed by atoms with E-state index in [-0.39, 0.29) is 5.25 Å². The molecule has 0 spiro atoms. The molecule has 0 unspecified atom stereocenters. The van der Waals surface area contributed by atoms with E-state index in [1.165, 1.54) is 0 Å². The molecule has 1 fully saturated rings. The fraction of sp³-hybridized carbons (Fsp3) is 1.00. The number of sulfone groups is 1. The fourth-order valence-corrected chi connectivity index (χ4v) is 3.53. The van der Waals surface area contributed by atoms with Gasteiger partial charge in [-0.05, 0) is 19.9 Å². The molecule has 1 rings (SSSR count). The van der Waals surface area contributed by atoms with Gasteiger partial charge >= 0.3 is 0 Å². The van der Waals surface area contributed by atoms with Gasteiger partial charge in [0.2, 0.25) is 0 Å². The molecule has 0 saturated heterocycles. The highest BCUT2D eigenvalue weighted by atomic mass is 32.2. The van der Waals surface area contributed by atoms with Gasteiger partial charge in [0.15, 0.2) is 9.84 Å². The summed E-state index contributed by atoms with van der Waals surface area (Å²) in [5.74, 6) is 0.300. The van der Waals surface area contributed by atoms with Crippen molar-refractivity contribution in [2.75, 3.05) is 19.3 Å². The second-order valence-electron chi connectivity index (χ2n) is 3.38. The standard InChI is InChI=1S/C8H17NO2S/c1-9-6-7-12(10,11)8-4-2-3-5-8/h8-9H,2-7H2,1H3. The third kappa shape index (κ3) is 2.45. The molecule has 3 nitrogen and oxygen atoms in total. The Kier molecular flexibility index (Phi) is 3.53. The molecule has 0 radical (unpaired) electrons. The van der Waals surface area contributed by atoms with E-state index in [2.05, 4.69) is 5.32 Å². The number of hydrogen-bond donors (Lipinski definition) is 1. The molecule has 0 aromatic rings. The number of hydrogen-bond acceptors (Lipinski definition) is 3. The molecular weight excluding hydrogens is 174 g/mol. The van der Waals surface area contributed by atoms with Crippen LogP contribution in [0.1, 0.15) is 25.7 Å². The van der Waals surface area contributed by atoms with Crippen LogP contribution in [0.3, 0.4) is 0 Å². The predicted octanol–water partition coefficient (Wildman–Crippen LogP) is 0.563. The van der Waals surface area contributed by atoms with Crippen LogP contribution < -0.4 is 5.32 Å². The van der Waals surface area contributed by atoms with Crippen LogP contribution in [0, 0.1) is 0 Å². The maximum atomic E-state index is 11.6. The van der Waals surface area contributed by atoms with E-state index in [0.717, 1.165) is 25.7 Å². The van der Waals surface area contributed by atoms with Crippen LogP contribution in [0.4, 0.5) is 0 Å². The first-order valence-corrected chi connectivity index (χ1v) is 6.24. The Balaban J connectivity index is 2.46. The van der Waals surface area contributed by atoms with E-state index < -0.39 is 9.84 Å². The lowest BCUT2D eigenvalue weighted by molar-refractivity contribution is 0.577. The van der Waals surface area contributed by atoms with Crippen LogP contribution in [-0.2, 0) is 9.84 Å². The van der Waals surface area contributed by atoms with E-state index >= 15 is 0 Å². The molecular formula is C8H17NO2S. The molecule has 72 valence electrons. The first-order chi connectivity index (χ1) is 5.67. The highest BCUT2D eigenvalue weighted by Crippen LogP contribution is 2.24. The zero-order valence-corrected chi connectivity index (χ0v) is 8.36. The maximum absolute atomic E-state index is 11.6. The van der Waals surface area contributed by atoms with Gasteiger partial charge in [0, 0.05) is 6.54 Å². The third-order valence-corrected chi connectivity index (χ3v) is 4.71. The van der Waals surface area contributed by atoms with Crippen LogP contribution in [0.15, 0.2) is 0 Å². The van der Waals surface area contributed by atoms with Gasteiger partial charge in [-0.15, -0.1) is 0 Å². The molecule has 4 heteroatoms. The van der Waals surface area contributed by atoms with Crippen LogP contribution in [0.25, 0.3) is 0 Å². The van der Waals surface area contributed by atoms with Crippen LogP contribution >= 0.6 is 0 Å². The molecule has 12 heavy (non-hydrogen) atoms. The smallest absolute Gasteiger partial charge is 0.154 e. The first-order valence-electron chi connectivity index (χ1n) is 4.53. The normalized spacial score (nSPS) is 20.1. The average Bonchev–Trinajstić information content (AvgIpc) is 2.53. The Morgan fingerprint density at radius 1 is 1.33 bits per heavy atom. The predicted molar refractivity (Wildman–Crippen MR) is 50.0 cm³/mol. The summed E-state index contributed by atoms with van der Waals surface area (Å²) < 4.78 is 23.1. The summed E-state index contributed by atoms with van der Waals surface area (Å²) in [5, 5.41) is 2.83. The molecule has 0 aliphatic heterocycles. The van der Waals surface area contributed by atoms with Crippen LogP contribution in [0.5, 0.6) is 0 Å². The highest BCUT2D eigenvalue weighted by Gasteiger charge is 2.27. The van der Waals surface area contributed by atoms with E-state index in [4.69, 9.17) is 0 Å². The van der Waals surface area contributed by atoms with Gasteiger partial charge in [-0.1, -0.05) is 12.8 Å². The first kappa shape index (κ1) is 9.99. The summed E-state index contributed by atoms with van der Waals surface area (Å²) in [6.45, 7) is 0.582. The van der Waals surface area contributed by atoms with E-state index in [1.54, 1.807) is 7.05 Å². The molecule has 1 saturated carbocycles. The lowest BCUT2D eigenvalue weighted by atomic mass is 10.4. The quantitative estimate of drug-likeness (QED) is 0.706. The van der Waals surface area contributed by atoms with Gasteiger partial charge in [-0.25, -0.2) is 8.42 Å². The Bertz CT molecular complexity index is 217. The Morgan fingerprint density at radius 2 is 1.92 bits per heavy atom. The molecule has 0 heterocycles. The minimum Gasteiger partial charge on any atom is -0.319 e. The van der Waals surface area contributed by atoms with Crippen molar-refractivity contribution in [1.29, 1.82) is 0 Å². The molecule has 0 aromatic carbocycles. The van der Waals surface area contributed by atoms with Crippen molar-refractivity contribution in [3.05, 3.63) is 0 Å². The minimum absolute atomic E-state index is 0.0363. The second-order valence-corrected chi connectivity index (χ2v) is 5.78. The van der Waals surface area contributed by atoms with Crippen molar-refractivity contribution in [3.63, 3.8) is 0 Å². The number of rotatable bonds is 4. The lowest BCUT2D eigenvalue weighted by Crippen LogP contribution is -2.26. The van der Waals surface area contributed by atoms with Gasteiger partial charge in [0.1, 0.15) is 0 Å². The number of nitrogens with one attached hydrogen (secondary N) is 1. The summed E-state index contributed by atoms with van der Waals surface area (Å²) in [5.41, 5.74) is 0. The minimum atomic E-state index is -2.78. The molecule has 0 amide bonds. The van der Waals surface area contributed by atoms with Crippen molar-refractivity contribution in [2.45, 2.75) is 30.9 Å². The maximum Gasteiger partial charge on any atom is 0.154 e. The molecule has 0 atom stereocenters. The van der Waals surface area contributed by atoms with Gasteiger partial charge in [0.05, 0.1) is 11.0 Å². The summed E-state index contributed by atoms with van der Waals surface area (Å²) in [4.78, 5) is 0. The Morgan fingerprint density at radius 3 is 2.42 bits per heavy atom. The van der Waals surface area contributed by atoms with Crippen molar-refractivity contribution in [1.82, 2.24) is 5.32 Å². The third-order valence-electron chi connectivity index (χ3n) is 2.45. The highest BCUT2D eigenvalue weighted by molar-refractivity contribution is 7.92. The lowest BCUT2D eigenvalue weighted by Gasteiger charge is -2.09. The van der Waals surface area contributed by atoms with Gasteiger partial charge in [-0.2, -0.15) is 0 Å². The van der Waals surface area contributed by atoms with E-state index in [1.807, 2.05) is 0 Å². The summed E-state index contributed by atoms with van der Waals surface area (Å²) in [7, 11) is -1.00. The summed E-state index contributed by atoms with van der Waals surface area (Å²) in [6.07, 6.45) is 3.94. The largest absolute Gasteiger partial charge is 0.319 e. The molecule has 0 bridgehead atoms. The molecule has 1 aliphatic rings. The zero-order valence-electron chi connectivity index (χ0n) is 7.54. The van der Waals surface area contributed by atoms with Crippen molar-refractivity contribution in [3.8, 4) is 0 Å². The molecule has 1 N–H and O–H groups in total. The zero-order chi connectivity index (χ0) is 9.03. The molecule has 0 aromatic heterocycles. The second kappa shape index (κ2) is 4.23. The van der Waals surface area contributed by atoms with Crippen molar-refractivity contribution in [2.24, 2.45) is 0 Å². The van der Waals surface area contributed by atoms with Gasteiger partial charge < -0.3 is 5.32 Å². The molecule has 1 aliphatic carbocycles. The fourth-order valence-electron chi connectivity index (χ4n) is 1.66. The average molecular weight is 191 g/mol. The van der Waals surface area contributed by atoms with E-state index in [0.29, 0.717) is 12.3 Å².